The molecule has 2 amide bonds. The fourth-order valence-electron chi connectivity index (χ4n) is 1.52. The van der Waals surface area contributed by atoms with E-state index in [0.717, 1.165) is 0 Å². The molecule has 7 nitrogen and oxygen atoms in total. The number of carboxylic acid groups (broad SMARTS) is 1. The molecule has 3 N–H and O–H groups in total. The summed E-state index contributed by atoms with van der Waals surface area (Å²) in [6.45, 7) is 1.96. The Morgan fingerprint density at radius 3 is 2.29 bits per heavy atom. The molecular weight excluding hydrogens is 276 g/mol. The van der Waals surface area contributed by atoms with E-state index in [2.05, 4.69) is 10.6 Å². The zero-order valence-corrected chi connectivity index (χ0v) is 11.7. The fourth-order valence-corrected chi connectivity index (χ4v) is 1.52. The molecule has 0 heterocycles. The molecular formula is C14H18N2O5. The number of carbonyl (C=O) groups is 3. The van der Waals surface area contributed by atoms with Crippen molar-refractivity contribution in [3.05, 3.63) is 29.8 Å². The summed E-state index contributed by atoms with van der Waals surface area (Å²) in [5.74, 6) is -0.861. The molecule has 0 unspecified atom stereocenters. The summed E-state index contributed by atoms with van der Waals surface area (Å²) < 4.78 is 5.26. The molecule has 0 aliphatic rings. The molecule has 21 heavy (non-hydrogen) atoms. The van der Waals surface area contributed by atoms with Crippen LogP contribution in [-0.4, -0.2) is 42.6 Å². The Kier molecular flexibility index (Phi) is 6.73. The number of hydrogen-bond acceptors (Lipinski definition) is 4. The zero-order chi connectivity index (χ0) is 15.7. The first-order valence-electron chi connectivity index (χ1n) is 6.42. The molecule has 7 heteroatoms. The molecule has 1 aromatic carbocycles. The SMILES string of the molecule is CC(=O)NCCNC(=O)COc1ccc(CC(=O)O)cc1. The second-order valence-electron chi connectivity index (χ2n) is 4.34. The van der Waals surface area contributed by atoms with Crippen molar-refractivity contribution in [3.8, 4) is 5.75 Å². The van der Waals surface area contributed by atoms with E-state index in [1.807, 2.05) is 0 Å². The predicted molar refractivity (Wildman–Crippen MR) is 75.0 cm³/mol. The molecule has 0 bridgehead atoms. The molecule has 0 saturated heterocycles. The maximum absolute atomic E-state index is 11.4. The highest BCUT2D eigenvalue weighted by atomic mass is 16.5. The quantitative estimate of drug-likeness (QED) is 0.583. The Balaban J connectivity index is 2.26. The second kappa shape index (κ2) is 8.57. The minimum atomic E-state index is -0.901. The molecule has 0 atom stereocenters. The van der Waals surface area contributed by atoms with Crippen LogP contribution in [0.2, 0.25) is 0 Å². The van der Waals surface area contributed by atoms with Gasteiger partial charge >= 0.3 is 5.97 Å². The molecule has 114 valence electrons. The fraction of sp³-hybridized carbons (Fsp3) is 0.357. The van der Waals surface area contributed by atoms with Crippen molar-refractivity contribution in [3.63, 3.8) is 0 Å². The number of nitrogens with one attached hydrogen (secondary N) is 2. The van der Waals surface area contributed by atoms with Gasteiger partial charge in [0.2, 0.25) is 5.91 Å². The average Bonchev–Trinajstić information content (AvgIpc) is 2.42. The van der Waals surface area contributed by atoms with Gasteiger partial charge in [-0.1, -0.05) is 12.1 Å². The van der Waals surface area contributed by atoms with Crippen molar-refractivity contribution >= 4 is 17.8 Å². The minimum absolute atomic E-state index is 0.0517. The lowest BCUT2D eigenvalue weighted by molar-refractivity contribution is -0.136. The van der Waals surface area contributed by atoms with E-state index in [4.69, 9.17) is 9.84 Å². The van der Waals surface area contributed by atoms with Crippen LogP contribution in [0.25, 0.3) is 0 Å². The Labute approximate surface area is 122 Å². The average molecular weight is 294 g/mol. The van der Waals surface area contributed by atoms with Gasteiger partial charge in [0.15, 0.2) is 6.61 Å². The van der Waals surface area contributed by atoms with Gasteiger partial charge in [-0.2, -0.15) is 0 Å². The van der Waals surface area contributed by atoms with Gasteiger partial charge in [0.05, 0.1) is 6.42 Å². The van der Waals surface area contributed by atoms with E-state index in [9.17, 15) is 14.4 Å². The van der Waals surface area contributed by atoms with Crippen LogP contribution in [0.3, 0.4) is 0 Å². The third-order valence-corrected chi connectivity index (χ3v) is 2.47. The Morgan fingerprint density at radius 2 is 1.71 bits per heavy atom. The number of ether oxygens (including phenoxy) is 1. The van der Waals surface area contributed by atoms with Crippen LogP contribution in [0.15, 0.2) is 24.3 Å². The Hall–Kier alpha value is -2.57. The van der Waals surface area contributed by atoms with E-state index in [-0.39, 0.29) is 24.8 Å². The summed E-state index contributed by atoms with van der Waals surface area (Å²) in [5.41, 5.74) is 0.662. The molecule has 1 rings (SSSR count). The monoisotopic (exact) mass is 294 g/mol. The summed E-state index contributed by atoms with van der Waals surface area (Å²) in [6, 6.07) is 6.50. The van der Waals surface area contributed by atoms with Crippen LogP contribution >= 0.6 is 0 Å². The topological polar surface area (TPSA) is 105 Å². The van der Waals surface area contributed by atoms with Gasteiger partial charge in [-0.15, -0.1) is 0 Å². The van der Waals surface area contributed by atoms with Crippen LogP contribution < -0.4 is 15.4 Å². The maximum Gasteiger partial charge on any atom is 0.307 e. The minimum Gasteiger partial charge on any atom is -0.484 e. The van der Waals surface area contributed by atoms with Gasteiger partial charge in [0.1, 0.15) is 5.75 Å². The maximum atomic E-state index is 11.4. The summed E-state index contributed by atoms with van der Waals surface area (Å²) in [4.78, 5) is 32.6. The second-order valence-corrected chi connectivity index (χ2v) is 4.34. The zero-order valence-electron chi connectivity index (χ0n) is 11.7. The summed E-state index contributed by atoms with van der Waals surface area (Å²) in [7, 11) is 0. The Bertz CT molecular complexity index is 499. The van der Waals surface area contributed by atoms with Crippen molar-refractivity contribution < 1.29 is 24.2 Å². The van der Waals surface area contributed by atoms with Crippen molar-refractivity contribution in [2.24, 2.45) is 0 Å². The summed E-state index contributed by atoms with van der Waals surface area (Å²) in [5, 5.41) is 13.8. The van der Waals surface area contributed by atoms with Crippen molar-refractivity contribution in [2.75, 3.05) is 19.7 Å². The summed E-state index contributed by atoms with van der Waals surface area (Å²) in [6.07, 6.45) is -0.0517. The van der Waals surface area contributed by atoms with Crippen molar-refractivity contribution in [1.82, 2.24) is 10.6 Å². The smallest absolute Gasteiger partial charge is 0.307 e. The molecule has 0 aliphatic carbocycles. The lowest BCUT2D eigenvalue weighted by atomic mass is 10.1. The highest BCUT2D eigenvalue weighted by Crippen LogP contribution is 2.12. The molecule has 0 radical (unpaired) electrons. The van der Waals surface area contributed by atoms with Gasteiger partial charge in [-0.25, -0.2) is 0 Å². The molecule has 0 fully saturated rings. The number of carbonyl (C=O) groups excluding carboxylic acids is 2. The first-order chi connectivity index (χ1) is 9.97. The van der Waals surface area contributed by atoms with E-state index in [1.165, 1.54) is 6.92 Å². The van der Waals surface area contributed by atoms with Crippen molar-refractivity contribution in [2.45, 2.75) is 13.3 Å². The lowest BCUT2D eigenvalue weighted by Gasteiger charge is -2.08. The predicted octanol–water partition coefficient (Wildman–Crippen LogP) is -0.0552. The molecule has 0 spiro atoms. The third kappa shape index (κ3) is 7.56. The van der Waals surface area contributed by atoms with E-state index < -0.39 is 5.97 Å². The number of benzene rings is 1. The van der Waals surface area contributed by atoms with Crippen LogP contribution in [0.4, 0.5) is 0 Å². The standard InChI is InChI=1S/C14H18N2O5/c1-10(17)15-6-7-16-13(18)9-21-12-4-2-11(3-5-12)8-14(19)20/h2-5H,6-9H2,1H3,(H,15,17)(H,16,18)(H,19,20). The number of rotatable bonds is 8. The highest BCUT2D eigenvalue weighted by molar-refractivity contribution is 5.77. The van der Waals surface area contributed by atoms with Gasteiger partial charge in [-0.3, -0.25) is 14.4 Å². The van der Waals surface area contributed by atoms with Crippen molar-refractivity contribution in [1.29, 1.82) is 0 Å². The van der Waals surface area contributed by atoms with Gasteiger partial charge in [0, 0.05) is 20.0 Å². The van der Waals surface area contributed by atoms with Gasteiger partial charge in [0.25, 0.3) is 5.91 Å². The van der Waals surface area contributed by atoms with Crippen LogP contribution in [0.1, 0.15) is 12.5 Å². The number of amides is 2. The highest BCUT2D eigenvalue weighted by Gasteiger charge is 2.04. The van der Waals surface area contributed by atoms with E-state index in [0.29, 0.717) is 24.4 Å². The first-order valence-corrected chi connectivity index (χ1v) is 6.42. The molecule has 0 saturated carbocycles. The molecule has 0 aromatic heterocycles. The largest absolute Gasteiger partial charge is 0.484 e. The van der Waals surface area contributed by atoms with E-state index >= 15 is 0 Å². The normalized spacial score (nSPS) is 9.76. The summed E-state index contributed by atoms with van der Waals surface area (Å²) >= 11 is 0. The molecule has 1 aromatic rings. The third-order valence-electron chi connectivity index (χ3n) is 2.47. The first kappa shape index (κ1) is 16.5. The van der Waals surface area contributed by atoms with Crippen LogP contribution in [0, 0.1) is 0 Å². The number of aliphatic carboxylic acids is 1. The van der Waals surface area contributed by atoms with E-state index in [1.54, 1.807) is 24.3 Å². The lowest BCUT2D eigenvalue weighted by Crippen LogP contribution is -2.36. The van der Waals surface area contributed by atoms with Crippen LogP contribution in [-0.2, 0) is 20.8 Å². The molecule has 0 aliphatic heterocycles. The van der Waals surface area contributed by atoms with Gasteiger partial charge in [-0.05, 0) is 17.7 Å². The van der Waals surface area contributed by atoms with Crippen LogP contribution in [0.5, 0.6) is 5.75 Å². The van der Waals surface area contributed by atoms with Gasteiger partial charge < -0.3 is 20.5 Å². The number of hydrogen-bond donors (Lipinski definition) is 3. The number of carboxylic acids is 1. The Morgan fingerprint density at radius 1 is 1.10 bits per heavy atom.